The van der Waals surface area contributed by atoms with Gasteiger partial charge in [-0.2, -0.15) is 0 Å². The fraction of sp³-hybridized carbons (Fsp3) is 0.467. The molecule has 0 aliphatic heterocycles. The molecule has 1 aromatic carbocycles. The van der Waals surface area contributed by atoms with E-state index in [1.165, 1.54) is 0 Å². The molecule has 1 aromatic rings. The van der Waals surface area contributed by atoms with Crippen molar-refractivity contribution in [2.45, 2.75) is 20.8 Å². The SMILES string of the molecule is CCN(CC)CCNC(=O)Nc1cccc(C)c1C(=O)O. The highest BCUT2D eigenvalue weighted by Gasteiger charge is 2.14. The number of anilines is 1. The fourth-order valence-electron chi connectivity index (χ4n) is 2.09. The topological polar surface area (TPSA) is 81.7 Å². The van der Waals surface area contributed by atoms with Gasteiger partial charge in [-0.15, -0.1) is 0 Å². The van der Waals surface area contributed by atoms with Gasteiger partial charge in [0, 0.05) is 13.1 Å². The van der Waals surface area contributed by atoms with Gasteiger partial charge < -0.3 is 20.6 Å². The molecular weight excluding hydrogens is 270 g/mol. The van der Waals surface area contributed by atoms with Crippen LogP contribution >= 0.6 is 0 Å². The van der Waals surface area contributed by atoms with Crippen LogP contribution in [0.2, 0.25) is 0 Å². The summed E-state index contributed by atoms with van der Waals surface area (Å²) < 4.78 is 0. The van der Waals surface area contributed by atoms with E-state index in [1.54, 1.807) is 25.1 Å². The average Bonchev–Trinajstić information content (AvgIpc) is 2.43. The van der Waals surface area contributed by atoms with Crippen molar-refractivity contribution < 1.29 is 14.7 Å². The summed E-state index contributed by atoms with van der Waals surface area (Å²) in [6.07, 6.45) is 0. The molecule has 6 heteroatoms. The molecule has 0 spiro atoms. The first-order valence-corrected chi connectivity index (χ1v) is 7.09. The Balaban J connectivity index is 2.60. The number of aromatic carboxylic acids is 1. The van der Waals surface area contributed by atoms with Gasteiger partial charge in [-0.25, -0.2) is 9.59 Å². The van der Waals surface area contributed by atoms with Gasteiger partial charge in [-0.05, 0) is 31.6 Å². The van der Waals surface area contributed by atoms with Crippen LogP contribution in [0.1, 0.15) is 29.8 Å². The molecule has 0 aliphatic rings. The number of nitrogens with one attached hydrogen (secondary N) is 2. The Morgan fingerprint density at radius 3 is 2.48 bits per heavy atom. The predicted octanol–water partition coefficient (Wildman–Crippen LogP) is 2.16. The summed E-state index contributed by atoms with van der Waals surface area (Å²) in [6, 6.07) is 4.61. The van der Waals surface area contributed by atoms with Gasteiger partial charge in [-0.1, -0.05) is 26.0 Å². The van der Waals surface area contributed by atoms with Crippen LogP contribution in [0, 0.1) is 6.92 Å². The summed E-state index contributed by atoms with van der Waals surface area (Å²) in [4.78, 5) is 25.2. The van der Waals surface area contributed by atoms with Crippen LogP contribution in [0.5, 0.6) is 0 Å². The number of nitrogens with zero attached hydrogens (tertiary/aromatic N) is 1. The van der Waals surface area contributed by atoms with Gasteiger partial charge >= 0.3 is 12.0 Å². The molecule has 3 N–H and O–H groups in total. The maximum absolute atomic E-state index is 11.8. The lowest BCUT2D eigenvalue weighted by Gasteiger charge is -2.18. The van der Waals surface area contributed by atoms with Crippen molar-refractivity contribution in [2.24, 2.45) is 0 Å². The molecule has 0 saturated carbocycles. The largest absolute Gasteiger partial charge is 0.478 e. The maximum atomic E-state index is 11.8. The summed E-state index contributed by atoms with van der Waals surface area (Å²) in [5.74, 6) is -1.05. The number of urea groups is 1. The number of aryl methyl sites for hydroxylation is 1. The Kier molecular flexibility index (Phi) is 6.68. The van der Waals surface area contributed by atoms with Crippen LogP contribution < -0.4 is 10.6 Å². The molecular formula is C15H23N3O3. The monoisotopic (exact) mass is 293 g/mol. The number of carboxylic acids is 1. The van der Waals surface area contributed by atoms with E-state index in [-0.39, 0.29) is 5.56 Å². The van der Waals surface area contributed by atoms with Crippen molar-refractivity contribution in [1.29, 1.82) is 0 Å². The Bertz CT molecular complexity index is 499. The number of hydrogen-bond donors (Lipinski definition) is 3. The lowest BCUT2D eigenvalue weighted by Crippen LogP contribution is -2.37. The van der Waals surface area contributed by atoms with Gasteiger partial charge in [0.25, 0.3) is 0 Å². The number of rotatable bonds is 7. The first-order chi connectivity index (χ1) is 9.99. The minimum Gasteiger partial charge on any atom is -0.478 e. The third kappa shape index (κ3) is 5.07. The van der Waals surface area contributed by atoms with E-state index < -0.39 is 12.0 Å². The summed E-state index contributed by atoms with van der Waals surface area (Å²) in [6.45, 7) is 8.97. The molecule has 0 bridgehead atoms. The van der Waals surface area contributed by atoms with Crippen LogP contribution in [0.25, 0.3) is 0 Å². The van der Waals surface area contributed by atoms with Crippen molar-refractivity contribution in [2.75, 3.05) is 31.5 Å². The quantitative estimate of drug-likeness (QED) is 0.719. The van der Waals surface area contributed by atoms with Crippen LogP contribution in [0.15, 0.2) is 18.2 Å². The van der Waals surface area contributed by atoms with E-state index in [1.807, 2.05) is 0 Å². The number of carbonyl (C=O) groups excluding carboxylic acids is 1. The molecule has 0 atom stereocenters. The molecule has 0 fully saturated rings. The Morgan fingerprint density at radius 2 is 1.90 bits per heavy atom. The van der Waals surface area contributed by atoms with Crippen molar-refractivity contribution in [3.8, 4) is 0 Å². The number of hydrogen-bond acceptors (Lipinski definition) is 3. The molecule has 1 rings (SSSR count). The number of benzene rings is 1. The van der Waals surface area contributed by atoms with Crippen LogP contribution in [0.4, 0.5) is 10.5 Å². The van der Waals surface area contributed by atoms with E-state index in [0.717, 1.165) is 19.6 Å². The third-order valence-electron chi connectivity index (χ3n) is 3.34. The molecule has 21 heavy (non-hydrogen) atoms. The predicted molar refractivity (Wildman–Crippen MR) is 82.9 cm³/mol. The van der Waals surface area contributed by atoms with Crippen molar-refractivity contribution in [3.63, 3.8) is 0 Å². The standard InChI is InChI=1S/C15H23N3O3/c1-4-18(5-2)10-9-16-15(21)17-12-8-6-7-11(3)13(12)14(19)20/h6-8H,4-5,9-10H2,1-3H3,(H,19,20)(H2,16,17,21). The molecule has 6 nitrogen and oxygen atoms in total. The Hall–Kier alpha value is -2.08. The van der Waals surface area contributed by atoms with Gasteiger partial charge in [0.2, 0.25) is 0 Å². The fourth-order valence-corrected chi connectivity index (χ4v) is 2.09. The van der Waals surface area contributed by atoms with Crippen LogP contribution in [0.3, 0.4) is 0 Å². The lowest BCUT2D eigenvalue weighted by atomic mass is 10.1. The number of likely N-dealkylation sites (N-methyl/N-ethyl adjacent to an activating group) is 1. The Morgan fingerprint density at radius 1 is 1.24 bits per heavy atom. The molecule has 0 saturated heterocycles. The molecule has 0 heterocycles. The van der Waals surface area contributed by atoms with Gasteiger partial charge in [-0.3, -0.25) is 0 Å². The zero-order valence-corrected chi connectivity index (χ0v) is 12.8. The summed E-state index contributed by atoms with van der Waals surface area (Å²) in [5, 5.41) is 14.5. The lowest BCUT2D eigenvalue weighted by molar-refractivity contribution is 0.0697. The highest BCUT2D eigenvalue weighted by Crippen LogP contribution is 2.19. The molecule has 116 valence electrons. The van der Waals surface area contributed by atoms with Crippen molar-refractivity contribution in [1.82, 2.24) is 10.2 Å². The van der Waals surface area contributed by atoms with E-state index in [0.29, 0.717) is 17.8 Å². The number of carboxylic acid groups (broad SMARTS) is 1. The molecule has 0 radical (unpaired) electrons. The minimum absolute atomic E-state index is 0.122. The second-order valence-corrected chi connectivity index (χ2v) is 4.71. The second-order valence-electron chi connectivity index (χ2n) is 4.71. The normalized spacial score (nSPS) is 10.5. The average molecular weight is 293 g/mol. The molecule has 2 amide bonds. The molecule has 0 unspecified atom stereocenters. The summed E-state index contributed by atoms with van der Waals surface area (Å²) in [7, 11) is 0. The van der Waals surface area contributed by atoms with E-state index in [9.17, 15) is 14.7 Å². The number of amides is 2. The number of carbonyl (C=O) groups is 2. The Labute approximate surface area is 125 Å². The maximum Gasteiger partial charge on any atom is 0.338 e. The van der Waals surface area contributed by atoms with E-state index >= 15 is 0 Å². The second kappa shape index (κ2) is 8.26. The van der Waals surface area contributed by atoms with E-state index in [2.05, 4.69) is 29.4 Å². The highest BCUT2D eigenvalue weighted by atomic mass is 16.4. The van der Waals surface area contributed by atoms with Gasteiger partial charge in [0.05, 0.1) is 11.3 Å². The zero-order valence-electron chi connectivity index (χ0n) is 12.8. The zero-order chi connectivity index (χ0) is 15.8. The van der Waals surface area contributed by atoms with Gasteiger partial charge in [0.15, 0.2) is 0 Å². The van der Waals surface area contributed by atoms with Crippen LogP contribution in [-0.2, 0) is 0 Å². The summed E-state index contributed by atoms with van der Waals surface area (Å²) in [5.41, 5.74) is 1.04. The first-order valence-electron chi connectivity index (χ1n) is 7.09. The van der Waals surface area contributed by atoms with Crippen molar-refractivity contribution in [3.05, 3.63) is 29.3 Å². The highest BCUT2D eigenvalue weighted by molar-refractivity contribution is 6.01. The van der Waals surface area contributed by atoms with Gasteiger partial charge in [0.1, 0.15) is 0 Å². The third-order valence-corrected chi connectivity index (χ3v) is 3.34. The molecule has 0 aromatic heterocycles. The molecule has 0 aliphatic carbocycles. The first kappa shape index (κ1) is 17.0. The summed E-state index contributed by atoms with van der Waals surface area (Å²) >= 11 is 0. The minimum atomic E-state index is -1.05. The van der Waals surface area contributed by atoms with Crippen LogP contribution in [-0.4, -0.2) is 48.2 Å². The smallest absolute Gasteiger partial charge is 0.338 e. The van der Waals surface area contributed by atoms with Crippen molar-refractivity contribution >= 4 is 17.7 Å². The van der Waals surface area contributed by atoms with E-state index in [4.69, 9.17) is 0 Å².